The zero-order chi connectivity index (χ0) is 11.2. The van der Waals surface area contributed by atoms with Crippen LogP contribution in [0.5, 0.6) is 0 Å². The summed E-state index contributed by atoms with van der Waals surface area (Å²) >= 11 is 0. The molecule has 0 bridgehead atoms. The Bertz CT molecular complexity index is 417. The molecular formula is C15H17N. The molecule has 2 aromatic rings. The molecule has 1 heteroatoms. The molecule has 0 aliphatic rings. The number of hydrogen-bond donors (Lipinski definition) is 0. The summed E-state index contributed by atoms with van der Waals surface area (Å²) in [6, 6.07) is 13.1. The average molecular weight is 211 g/mol. The number of nitrogens with zero attached hydrogens (tertiary/aromatic N) is 1. The largest absolute Gasteiger partial charge is 0.265 e. The van der Waals surface area contributed by atoms with Gasteiger partial charge in [-0.05, 0) is 48.1 Å². The highest BCUT2D eigenvalue weighted by Crippen LogP contribution is 2.08. The number of aryl methyl sites for hydroxylation is 3. The predicted molar refractivity (Wildman–Crippen MR) is 67.5 cm³/mol. The molecule has 0 radical (unpaired) electrons. The zero-order valence-electron chi connectivity index (χ0n) is 9.69. The Morgan fingerprint density at radius 2 is 1.25 bits per heavy atom. The summed E-state index contributed by atoms with van der Waals surface area (Å²) in [6.45, 7) is 2.19. The zero-order valence-corrected chi connectivity index (χ0v) is 9.69. The lowest BCUT2D eigenvalue weighted by Gasteiger charge is -2.03. The molecule has 0 fully saturated rings. The maximum Gasteiger partial charge on any atom is 0.0270 e. The Hall–Kier alpha value is -1.63. The Labute approximate surface area is 97.2 Å². The van der Waals surface area contributed by atoms with E-state index in [1.807, 2.05) is 12.4 Å². The van der Waals surface area contributed by atoms with Crippen molar-refractivity contribution in [1.29, 1.82) is 0 Å². The van der Waals surface area contributed by atoms with E-state index in [0.29, 0.717) is 0 Å². The smallest absolute Gasteiger partial charge is 0.0270 e. The molecule has 0 aliphatic carbocycles. The van der Waals surface area contributed by atoms with Crippen molar-refractivity contribution < 1.29 is 0 Å². The topological polar surface area (TPSA) is 12.9 Å². The summed E-state index contributed by atoms with van der Waals surface area (Å²) < 4.78 is 0. The van der Waals surface area contributed by atoms with E-state index in [1.54, 1.807) is 0 Å². The third-order valence-corrected chi connectivity index (χ3v) is 2.88. The molecule has 16 heavy (non-hydrogen) atoms. The van der Waals surface area contributed by atoms with Gasteiger partial charge in [0.1, 0.15) is 0 Å². The lowest BCUT2D eigenvalue weighted by molar-refractivity contribution is 0.952. The second-order valence-corrected chi connectivity index (χ2v) is 4.03. The van der Waals surface area contributed by atoms with Gasteiger partial charge in [0.25, 0.3) is 0 Å². The maximum atomic E-state index is 4.02. The van der Waals surface area contributed by atoms with Gasteiger partial charge in [0.2, 0.25) is 0 Å². The van der Waals surface area contributed by atoms with E-state index in [-0.39, 0.29) is 0 Å². The summed E-state index contributed by atoms with van der Waals surface area (Å²) in [5, 5.41) is 0. The van der Waals surface area contributed by atoms with Crippen LogP contribution in [-0.2, 0) is 19.3 Å². The third kappa shape index (κ3) is 2.93. The van der Waals surface area contributed by atoms with E-state index < -0.39 is 0 Å². The van der Waals surface area contributed by atoms with Crippen LogP contribution in [0.3, 0.4) is 0 Å². The van der Waals surface area contributed by atoms with Gasteiger partial charge >= 0.3 is 0 Å². The van der Waals surface area contributed by atoms with Gasteiger partial charge in [0.05, 0.1) is 0 Å². The van der Waals surface area contributed by atoms with Crippen molar-refractivity contribution in [1.82, 2.24) is 4.98 Å². The number of pyridine rings is 1. The first-order valence-corrected chi connectivity index (χ1v) is 5.85. The van der Waals surface area contributed by atoms with Crippen LogP contribution >= 0.6 is 0 Å². The molecule has 0 unspecified atom stereocenters. The van der Waals surface area contributed by atoms with Crippen LogP contribution in [0.25, 0.3) is 0 Å². The SMILES string of the molecule is CCc1ccc(CCc2ccncc2)cc1. The highest BCUT2D eigenvalue weighted by Gasteiger charge is 1.95. The standard InChI is InChI=1S/C15H17N/c1-2-13-3-5-14(6-4-13)7-8-15-9-11-16-12-10-15/h3-6,9-12H,2,7-8H2,1H3. The fourth-order valence-corrected chi connectivity index (χ4v) is 1.78. The second kappa shape index (κ2) is 5.45. The number of aromatic nitrogens is 1. The van der Waals surface area contributed by atoms with Crippen molar-refractivity contribution in [3.8, 4) is 0 Å². The summed E-state index contributed by atoms with van der Waals surface area (Å²) in [7, 11) is 0. The Kier molecular flexibility index (Phi) is 3.71. The maximum absolute atomic E-state index is 4.02. The van der Waals surface area contributed by atoms with Crippen molar-refractivity contribution in [3.63, 3.8) is 0 Å². The first kappa shape index (κ1) is 10.9. The molecule has 0 N–H and O–H groups in total. The van der Waals surface area contributed by atoms with Gasteiger partial charge in [-0.15, -0.1) is 0 Å². The minimum Gasteiger partial charge on any atom is -0.265 e. The van der Waals surface area contributed by atoms with Crippen LogP contribution < -0.4 is 0 Å². The molecule has 0 spiro atoms. The molecule has 82 valence electrons. The van der Waals surface area contributed by atoms with Crippen LogP contribution in [0, 0.1) is 0 Å². The van der Waals surface area contributed by atoms with Crippen LogP contribution in [0.1, 0.15) is 23.6 Å². The van der Waals surface area contributed by atoms with Gasteiger partial charge in [-0.25, -0.2) is 0 Å². The van der Waals surface area contributed by atoms with Crippen molar-refractivity contribution >= 4 is 0 Å². The minimum absolute atomic E-state index is 1.09. The molecule has 2 rings (SSSR count). The summed E-state index contributed by atoms with van der Waals surface area (Å²) in [4.78, 5) is 4.02. The normalized spacial score (nSPS) is 10.3. The van der Waals surface area contributed by atoms with Crippen LogP contribution in [0.15, 0.2) is 48.8 Å². The molecule has 0 atom stereocenters. The molecule has 0 aliphatic heterocycles. The quantitative estimate of drug-likeness (QED) is 0.755. The van der Waals surface area contributed by atoms with Crippen LogP contribution in [0.4, 0.5) is 0 Å². The van der Waals surface area contributed by atoms with E-state index in [0.717, 1.165) is 19.3 Å². The number of hydrogen-bond acceptors (Lipinski definition) is 1. The van der Waals surface area contributed by atoms with Gasteiger partial charge in [-0.1, -0.05) is 31.2 Å². The fourth-order valence-electron chi connectivity index (χ4n) is 1.78. The van der Waals surface area contributed by atoms with E-state index in [4.69, 9.17) is 0 Å². The average Bonchev–Trinajstić information content (AvgIpc) is 2.38. The van der Waals surface area contributed by atoms with Gasteiger partial charge in [-0.3, -0.25) is 4.98 Å². The Morgan fingerprint density at radius 1 is 0.750 bits per heavy atom. The summed E-state index contributed by atoms with van der Waals surface area (Å²) in [5.41, 5.74) is 4.18. The second-order valence-electron chi connectivity index (χ2n) is 4.03. The van der Waals surface area contributed by atoms with Gasteiger partial charge < -0.3 is 0 Å². The molecule has 1 aromatic heterocycles. The van der Waals surface area contributed by atoms with Crippen LogP contribution in [0.2, 0.25) is 0 Å². The van der Waals surface area contributed by atoms with Gasteiger partial charge in [-0.2, -0.15) is 0 Å². The third-order valence-electron chi connectivity index (χ3n) is 2.88. The summed E-state index contributed by atoms with van der Waals surface area (Å²) in [6.07, 6.45) is 7.03. The first-order chi connectivity index (χ1) is 7.88. The van der Waals surface area contributed by atoms with Gasteiger partial charge in [0, 0.05) is 12.4 Å². The predicted octanol–water partition coefficient (Wildman–Crippen LogP) is 3.43. The highest BCUT2D eigenvalue weighted by molar-refractivity contribution is 5.23. The Balaban J connectivity index is 1.94. The Morgan fingerprint density at radius 3 is 1.81 bits per heavy atom. The van der Waals surface area contributed by atoms with Crippen molar-refractivity contribution in [2.24, 2.45) is 0 Å². The minimum atomic E-state index is 1.09. The number of rotatable bonds is 4. The molecular weight excluding hydrogens is 194 g/mol. The van der Waals surface area contributed by atoms with E-state index in [2.05, 4.69) is 48.3 Å². The monoisotopic (exact) mass is 211 g/mol. The van der Waals surface area contributed by atoms with Crippen LogP contribution in [-0.4, -0.2) is 4.98 Å². The van der Waals surface area contributed by atoms with Gasteiger partial charge in [0.15, 0.2) is 0 Å². The first-order valence-electron chi connectivity index (χ1n) is 5.85. The van der Waals surface area contributed by atoms with Crippen molar-refractivity contribution in [2.75, 3.05) is 0 Å². The lowest BCUT2D eigenvalue weighted by Crippen LogP contribution is -1.91. The molecule has 0 saturated carbocycles. The summed E-state index contributed by atoms with van der Waals surface area (Å²) in [5.74, 6) is 0. The lowest BCUT2D eigenvalue weighted by atomic mass is 10.0. The molecule has 1 aromatic carbocycles. The fraction of sp³-hybridized carbons (Fsp3) is 0.267. The molecule has 0 saturated heterocycles. The van der Waals surface area contributed by atoms with Crippen molar-refractivity contribution in [2.45, 2.75) is 26.2 Å². The molecule has 1 nitrogen and oxygen atoms in total. The number of benzene rings is 1. The van der Waals surface area contributed by atoms with E-state index >= 15 is 0 Å². The van der Waals surface area contributed by atoms with Crippen molar-refractivity contribution in [3.05, 3.63) is 65.5 Å². The molecule has 1 heterocycles. The highest BCUT2D eigenvalue weighted by atomic mass is 14.6. The van der Waals surface area contributed by atoms with E-state index in [9.17, 15) is 0 Å². The molecule has 0 amide bonds. The van der Waals surface area contributed by atoms with E-state index in [1.165, 1.54) is 16.7 Å².